The standard InChI is InChI=1S/C13H18BrNO/c1-9-7-11(14)12(16-2)8-10(9)3-4-13(15)5-6-13/h7-8H,3-6,15H2,1-2H3. The monoisotopic (exact) mass is 283 g/mol. The van der Waals surface area contributed by atoms with E-state index in [1.54, 1.807) is 7.11 Å². The predicted molar refractivity (Wildman–Crippen MR) is 69.9 cm³/mol. The molecule has 0 aromatic heterocycles. The summed E-state index contributed by atoms with van der Waals surface area (Å²) in [6.07, 6.45) is 4.49. The number of hydrogen-bond acceptors (Lipinski definition) is 2. The number of halogens is 1. The number of nitrogens with two attached hydrogens (primary N) is 1. The normalized spacial score (nSPS) is 17.2. The first-order valence-electron chi connectivity index (χ1n) is 5.66. The molecule has 88 valence electrons. The van der Waals surface area contributed by atoms with E-state index in [0.717, 1.165) is 23.1 Å². The van der Waals surface area contributed by atoms with Gasteiger partial charge in [-0.05, 0) is 71.8 Å². The maximum Gasteiger partial charge on any atom is 0.133 e. The molecule has 0 bridgehead atoms. The molecule has 1 aromatic rings. The lowest BCUT2D eigenvalue weighted by Crippen LogP contribution is -2.22. The zero-order valence-corrected chi connectivity index (χ0v) is 11.4. The van der Waals surface area contributed by atoms with Crippen LogP contribution < -0.4 is 10.5 Å². The molecule has 2 N–H and O–H groups in total. The van der Waals surface area contributed by atoms with E-state index in [1.807, 2.05) is 0 Å². The summed E-state index contributed by atoms with van der Waals surface area (Å²) in [7, 11) is 1.70. The minimum absolute atomic E-state index is 0.132. The van der Waals surface area contributed by atoms with Crippen LogP contribution in [0.15, 0.2) is 16.6 Å². The Bertz CT molecular complexity index is 399. The van der Waals surface area contributed by atoms with Crippen molar-refractivity contribution in [1.29, 1.82) is 0 Å². The molecule has 0 aliphatic heterocycles. The van der Waals surface area contributed by atoms with Gasteiger partial charge in [0.2, 0.25) is 0 Å². The molecule has 1 aliphatic rings. The van der Waals surface area contributed by atoms with Gasteiger partial charge >= 0.3 is 0 Å². The Hall–Kier alpha value is -0.540. The maximum absolute atomic E-state index is 6.10. The van der Waals surface area contributed by atoms with Crippen LogP contribution in [0.1, 0.15) is 30.4 Å². The molecule has 0 atom stereocenters. The van der Waals surface area contributed by atoms with Gasteiger partial charge in [-0.25, -0.2) is 0 Å². The van der Waals surface area contributed by atoms with Crippen molar-refractivity contribution in [1.82, 2.24) is 0 Å². The van der Waals surface area contributed by atoms with Crippen LogP contribution >= 0.6 is 15.9 Å². The lowest BCUT2D eigenvalue weighted by atomic mass is 10.00. The number of ether oxygens (including phenoxy) is 1. The smallest absolute Gasteiger partial charge is 0.133 e. The molecular formula is C13H18BrNO. The molecule has 0 heterocycles. The van der Waals surface area contributed by atoms with Gasteiger partial charge < -0.3 is 10.5 Å². The number of aryl methyl sites for hydroxylation is 2. The van der Waals surface area contributed by atoms with Gasteiger partial charge in [0.25, 0.3) is 0 Å². The molecule has 16 heavy (non-hydrogen) atoms. The van der Waals surface area contributed by atoms with Gasteiger partial charge in [-0.2, -0.15) is 0 Å². The summed E-state index contributed by atoms with van der Waals surface area (Å²) < 4.78 is 6.33. The third-order valence-electron chi connectivity index (χ3n) is 3.39. The van der Waals surface area contributed by atoms with Crippen molar-refractivity contribution >= 4 is 15.9 Å². The SMILES string of the molecule is COc1cc(CCC2(N)CC2)c(C)cc1Br. The van der Waals surface area contributed by atoms with E-state index < -0.39 is 0 Å². The second-order valence-electron chi connectivity index (χ2n) is 4.78. The molecule has 1 aliphatic carbocycles. The molecule has 0 unspecified atom stereocenters. The van der Waals surface area contributed by atoms with Crippen molar-refractivity contribution in [2.75, 3.05) is 7.11 Å². The lowest BCUT2D eigenvalue weighted by molar-refractivity contribution is 0.411. The van der Waals surface area contributed by atoms with E-state index >= 15 is 0 Å². The fourth-order valence-electron chi connectivity index (χ4n) is 1.91. The Labute approximate surface area is 105 Å². The summed E-state index contributed by atoms with van der Waals surface area (Å²) in [5.41, 5.74) is 8.88. The largest absolute Gasteiger partial charge is 0.496 e. The van der Waals surface area contributed by atoms with Crippen LogP contribution in [-0.4, -0.2) is 12.6 Å². The average molecular weight is 284 g/mol. The highest BCUT2D eigenvalue weighted by Gasteiger charge is 2.37. The second-order valence-corrected chi connectivity index (χ2v) is 5.63. The minimum Gasteiger partial charge on any atom is -0.496 e. The van der Waals surface area contributed by atoms with Crippen LogP contribution in [0.4, 0.5) is 0 Å². The lowest BCUT2D eigenvalue weighted by Gasteiger charge is -2.13. The zero-order valence-electron chi connectivity index (χ0n) is 9.85. The van der Waals surface area contributed by atoms with E-state index in [-0.39, 0.29) is 5.54 Å². The first-order valence-corrected chi connectivity index (χ1v) is 6.45. The molecule has 2 nitrogen and oxygen atoms in total. The van der Waals surface area contributed by atoms with E-state index in [4.69, 9.17) is 10.5 Å². The molecular weight excluding hydrogens is 266 g/mol. The zero-order chi connectivity index (χ0) is 11.8. The highest BCUT2D eigenvalue weighted by Crippen LogP contribution is 2.37. The van der Waals surface area contributed by atoms with E-state index in [2.05, 4.69) is 35.0 Å². The van der Waals surface area contributed by atoms with Crippen LogP contribution in [0.25, 0.3) is 0 Å². The quantitative estimate of drug-likeness (QED) is 0.921. The third kappa shape index (κ3) is 2.58. The first kappa shape index (κ1) is 11.9. The van der Waals surface area contributed by atoms with Gasteiger partial charge in [-0.1, -0.05) is 0 Å². The van der Waals surface area contributed by atoms with Gasteiger partial charge in [-0.15, -0.1) is 0 Å². The van der Waals surface area contributed by atoms with Gasteiger partial charge in [0.1, 0.15) is 5.75 Å². The van der Waals surface area contributed by atoms with Crippen molar-refractivity contribution in [2.45, 2.75) is 38.1 Å². The topological polar surface area (TPSA) is 35.2 Å². The Morgan fingerprint density at radius 3 is 2.69 bits per heavy atom. The van der Waals surface area contributed by atoms with Crippen molar-refractivity contribution in [2.24, 2.45) is 5.73 Å². The second kappa shape index (κ2) is 4.38. The number of benzene rings is 1. The highest BCUT2D eigenvalue weighted by atomic mass is 79.9. The summed E-state index contributed by atoms with van der Waals surface area (Å²) in [4.78, 5) is 0. The molecule has 0 spiro atoms. The summed E-state index contributed by atoms with van der Waals surface area (Å²) in [5.74, 6) is 0.905. The molecule has 0 amide bonds. The van der Waals surface area contributed by atoms with Crippen LogP contribution in [-0.2, 0) is 6.42 Å². The summed E-state index contributed by atoms with van der Waals surface area (Å²) in [5, 5.41) is 0. The van der Waals surface area contributed by atoms with Gasteiger partial charge in [0.15, 0.2) is 0 Å². The number of hydrogen-bond donors (Lipinski definition) is 1. The van der Waals surface area contributed by atoms with Crippen molar-refractivity contribution in [3.05, 3.63) is 27.7 Å². The fraction of sp³-hybridized carbons (Fsp3) is 0.538. The minimum atomic E-state index is 0.132. The van der Waals surface area contributed by atoms with E-state index in [1.165, 1.54) is 24.0 Å². The molecule has 1 fully saturated rings. The molecule has 1 aromatic carbocycles. The van der Waals surface area contributed by atoms with Crippen LogP contribution in [0.5, 0.6) is 5.75 Å². The molecule has 0 radical (unpaired) electrons. The molecule has 1 saturated carbocycles. The molecule has 2 rings (SSSR count). The first-order chi connectivity index (χ1) is 7.54. The molecule has 3 heteroatoms. The summed E-state index contributed by atoms with van der Waals surface area (Å²) in [6, 6.07) is 4.23. The summed E-state index contributed by atoms with van der Waals surface area (Å²) in [6.45, 7) is 2.13. The van der Waals surface area contributed by atoms with Gasteiger partial charge in [0, 0.05) is 5.54 Å². The molecule has 0 saturated heterocycles. The maximum atomic E-state index is 6.10. The van der Waals surface area contributed by atoms with E-state index in [0.29, 0.717) is 0 Å². The number of rotatable bonds is 4. The van der Waals surface area contributed by atoms with Gasteiger partial charge in [-0.3, -0.25) is 0 Å². The average Bonchev–Trinajstić information content (AvgIpc) is 2.96. The van der Waals surface area contributed by atoms with Crippen LogP contribution in [0.2, 0.25) is 0 Å². The van der Waals surface area contributed by atoms with Crippen molar-refractivity contribution in [3.63, 3.8) is 0 Å². The fourth-order valence-corrected chi connectivity index (χ4v) is 2.53. The van der Waals surface area contributed by atoms with E-state index in [9.17, 15) is 0 Å². The number of methoxy groups -OCH3 is 1. The van der Waals surface area contributed by atoms with Crippen LogP contribution in [0, 0.1) is 6.92 Å². The highest BCUT2D eigenvalue weighted by molar-refractivity contribution is 9.10. The van der Waals surface area contributed by atoms with Crippen molar-refractivity contribution < 1.29 is 4.74 Å². The predicted octanol–water partition coefficient (Wildman–Crippen LogP) is 3.19. The van der Waals surface area contributed by atoms with Crippen molar-refractivity contribution in [3.8, 4) is 5.75 Å². The Morgan fingerprint density at radius 1 is 1.44 bits per heavy atom. The Kier molecular flexibility index (Phi) is 3.27. The Morgan fingerprint density at radius 2 is 2.12 bits per heavy atom. The Balaban J connectivity index is 2.13. The summed E-state index contributed by atoms with van der Waals surface area (Å²) >= 11 is 3.49. The van der Waals surface area contributed by atoms with Gasteiger partial charge in [0.05, 0.1) is 11.6 Å². The van der Waals surface area contributed by atoms with Crippen LogP contribution in [0.3, 0.4) is 0 Å². The third-order valence-corrected chi connectivity index (χ3v) is 4.01.